The van der Waals surface area contributed by atoms with Crippen molar-refractivity contribution in [2.45, 2.75) is 52.1 Å². The van der Waals surface area contributed by atoms with E-state index in [1.807, 2.05) is 0 Å². The van der Waals surface area contributed by atoms with Gasteiger partial charge in [-0.05, 0) is 39.8 Å². The van der Waals surface area contributed by atoms with Crippen molar-refractivity contribution in [3.05, 3.63) is 0 Å². The zero-order valence-corrected chi connectivity index (χ0v) is 13.3. The van der Waals surface area contributed by atoms with Gasteiger partial charge >= 0.3 is 0 Å². The van der Waals surface area contributed by atoms with Gasteiger partial charge in [0.2, 0.25) is 0 Å². The van der Waals surface area contributed by atoms with E-state index >= 15 is 0 Å². The molecule has 4 heteroatoms. The average Bonchev–Trinajstić information content (AvgIpc) is 2.40. The number of rotatable bonds is 8. The predicted octanol–water partition coefficient (Wildman–Crippen LogP) is 1.15. The molecular formula is C15H33N3O. The molecule has 0 saturated carbocycles. The third-order valence-corrected chi connectivity index (χ3v) is 4.27. The Balaban J connectivity index is 2.40. The first-order chi connectivity index (χ1) is 9.04. The summed E-state index contributed by atoms with van der Waals surface area (Å²) in [6.07, 6.45) is 2.25. The van der Waals surface area contributed by atoms with E-state index in [1.165, 1.54) is 26.1 Å². The summed E-state index contributed by atoms with van der Waals surface area (Å²) in [6, 6.07) is 0.528. The molecule has 19 heavy (non-hydrogen) atoms. The van der Waals surface area contributed by atoms with E-state index in [-0.39, 0.29) is 12.1 Å². The van der Waals surface area contributed by atoms with Crippen molar-refractivity contribution >= 4 is 0 Å². The Bertz CT molecular complexity index is 242. The molecule has 1 rings (SSSR count). The number of hydrogen-bond acceptors (Lipinski definition) is 4. The number of likely N-dealkylation sites (N-methyl/N-ethyl adjacent to an activating group) is 1. The van der Waals surface area contributed by atoms with Crippen LogP contribution in [0, 0.1) is 0 Å². The Morgan fingerprint density at radius 2 is 1.84 bits per heavy atom. The molecule has 1 heterocycles. The number of nitrogens with zero attached hydrogens (tertiary/aromatic N) is 2. The first-order valence-electron chi connectivity index (χ1n) is 7.87. The molecule has 4 nitrogen and oxygen atoms in total. The van der Waals surface area contributed by atoms with Gasteiger partial charge in [0.05, 0.1) is 6.61 Å². The summed E-state index contributed by atoms with van der Waals surface area (Å²) in [6.45, 7) is 15.8. The van der Waals surface area contributed by atoms with Gasteiger partial charge in [0.15, 0.2) is 0 Å². The lowest BCUT2D eigenvalue weighted by Gasteiger charge is -2.41. The molecule has 0 aromatic carbocycles. The SMILES string of the molecule is CCCN1CCN(C(C)CC(C)(CO)NCC)CC1. The second-order valence-corrected chi connectivity index (χ2v) is 6.18. The molecule has 2 N–H and O–H groups in total. The molecule has 0 aromatic heterocycles. The molecule has 0 bridgehead atoms. The maximum Gasteiger partial charge on any atom is 0.0611 e. The minimum absolute atomic E-state index is 0.144. The molecule has 0 radical (unpaired) electrons. The topological polar surface area (TPSA) is 38.7 Å². The first-order valence-corrected chi connectivity index (χ1v) is 7.87. The van der Waals surface area contributed by atoms with E-state index < -0.39 is 0 Å². The van der Waals surface area contributed by atoms with Crippen molar-refractivity contribution in [2.75, 3.05) is 45.9 Å². The van der Waals surface area contributed by atoms with Crippen LogP contribution in [0.2, 0.25) is 0 Å². The van der Waals surface area contributed by atoms with Crippen LogP contribution in [0.15, 0.2) is 0 Å². The highest BCUT2D eigenvalue weighted by molar-refractivity contribution is 4.88. The van der Waals surface area contributed by atoms with Crippen LogP contribution in [0.5, 0.6) is 0 Å². The van der Waals surface area contributed by atoms with E-state index in [9.17, 15) is 5.11 Å². The van der Waals surface area contributed by atoms with Gasteiger partial charge in [-0.1, -0.05) is 13.8 Å². The monoisotopic (exact) mass is 271 g/mol. The van der Waals surface area contributed by atoms with Crippen LogP contribution in [-0.4, -0.2) is 72.4 Å². The standard InChI is InChI=1S/C15H33N3O/c1-5-7-17-8-10-18(11-9-17)14(3)12-15(4,13-19)16-6-2/h14,16,19H,5-13H2,1-4H3. The van der Waals surface area contributed by atoms with Gasteiger partial charge in [-0.15, -0.1) is 0 Å². The molecular weight excluding hydrogens is 238 g/mol. The molecule has 2 atom stereocenters. The van der Waals surface area contributed by atoms with E-state index in [0.717, 1.165) is 26.1 Å². The molecule has 114 valence electrons. The van der Waals surface area contributed by atoms with Crippen molar-refractivity contribution in [2.24, 2.45) is 0 Å². The number of piperazine rings is 1. The molecule has 2 unspecified atom stereocenters. The highest BCUT2D eigenvalue weighted by atomic mass is 16.3. The lowest BCUT2D eigenvalue weighted by atomic mass is 9.93. The van der Waals surface area contributed by atoms with Gasteiger partial charge in [0, 0.05) is 37.8 Å². The molecule has 0 aromatic rings. The Kier molecular flexibility index (Phi) is 7.29. The normalized spacial score (nSPS) is 23.2. The van der Waals surface area contributed by atoms with Gasteiger partial charge in [-0.3, -0.25) is 4.90 Å². The summed E-state index contributed by atoms with van der Waals surface area (Å²) in [5, 5.41) is 13.0. The van der Waals surface area contributed by atoms with Gasteiger partial charge in [0.25, 0.3) is 0 Å². The lowest BCUT2D eigenvalue weighted by Crippen LogP contribution is -2.54. The maximum atomic E-state index is 9.59. The van der Waals surface area contributed by atoms with Gasteiger partial charge in [0.1, 0.15) is 0 Å². The Labute approximate surface area is 119 Å². The smallest absolute Gasteiger partial charge is 0.0611 e. The summed E-state index contributed by atoms with van der Waals surface area (Å²) >= 11 is 0. The van der Waals surface area contributed by atoms with Gasteiger partial charge < -0.3 is 15.3 Å². The Morgan fingerprint density at radius 3 is 2.32 bits per heavy atom. The van der Waals surface area contributed by atoms with Crippen molar-refractivity contribution in [1.82, 2.24) is 15.1 Å². The van der Waals surface area contributed by atoms with Crippen molar-refractivity contribution in [1.29, 1.82) is 0 Å². The largest absolute Gasteiger partial charge is 0.394 e. The first kappa shape index (κ1) is 16.9. The third kappa shape index (κ3) is 5.38. The fraction of sp³-hybridized carbons (Fsp3) is 1.00. The summed E-state index contributed by atoms with van der Waals surface area (Å²) in [7, 11) is 0. The average molecular weight is 271 g/mol. The summed E-state index contributed by atoms with van der Waals surface area (Å²) in [5.74, 6) is 0. The van der Waals surface area contributed by atoms with Crippen molar-refractivity contribution in [3.63, 3.8) is 0 Å². The minimum atomic E-state index is -0.144. The zero-order chi connectivity index (χ0) is 14.3. The van der Waals surface area contributed by atoms with Crippen LogP contribution in [0.25, 0.3) is 0 Å². The van der Waals surface area contributed by atoms with Crippen LogP contribution in [0.4, 0.5) is 0 Å². The van der Waals surface area contributed by atoms with E-state index in [2.05, 4.69) is 42.8 Å². The summed E-state index contributed by atoms with van der Waals surface area (Å²) in [5.41, 5.74) is -0.144. The maximum absolute atomic E-state index is 9.59. The Hall–Kier alpha value is -0.160. The number of aliphatic hydroxyl groups excluding tert-OH is 1. The molecule has 1 aliphatic heterocycles. The molecule has 0 aliphatic carbocycles. The second-order valence-electron chi connectivity index (χ2n) is 6.18. The van der Waals surface area contributed by atoms with E-state index in [1.54, 1.807) is 0 Å². The number of hydrogen-bond donors (Lipinski definition) is 2. The van der Waals surface area contributed by atoms with Crippen LogP contribution in [-0.2, 0) is 0 Å². The van der Waals surface area contributed by atoms with Crippen LogP contribution >= 0.6 is 0 Å². The second kappa shape index (κ2) is 8.20. The van der Waals surface area contributed by atoms with Crippen molar-refractivity contribution < 1.29 is 5.11 Å². The highest BCUT2D eigenvalue weighted by Crippen LogP contribution is 2.17. The number of nitrogens with one attached hydrogen (secondary N) is 1. The lowest BCUT2D eigenvalue weighted by molar-refractivity contribution is 0.0721. The fourth-order valence-electron chi connectivity index (χ4n) is 3.14. The minimum Gasteiger partial charge on any atom is -0.394 e. The van der Waals surface area contributed by atoms with Crippen LogP contribution in [0.1, 0.15) is 40.5 Å². The quantitative estimate of drug-likeness (QED) is 0.695. The van der Waals surface area contributed by atoms with Gasteiger partial charge in [-0.25, -0.2) is 0 Å². The zero-order valence-electron chi connectivity index (χ0n) is 13.3. The molecule has 0 spiro atoms. The third-order valence-electron chi connectivity index (χ3n) is 4.27. The summed E-state index contributed by atoms with van der Waals surface area (Å²) in [4.78, 5) is 5.12. The van der Waals surface area contributed by atoms with Crippen LogP contribution in [0.3, 0.4) is 0 Å². The van der Waals surface area contributed by atoms with Crippen LogP contribution < -0.4 is 5.32 Å². The molecule has 0 amide bonds. The summed E-state index contributed by atoms with van der Waals surface area (Å²) < 4.78 is 0. The Morgan fingerprint density at radius 1 is 1.21 bits per heavy atom. The fourth-order valence-corrected chi connectivity index (χ4v) is 3.14. The molecule has 1 fully saturated rings. The predicted molar refractivity (Wildman–Crippen MR) is 81.6 cm³/mol. The molecule has 1 saturated heterocycles. The van der Waals surface area contributed by atoms with Crippen molar-refractivity contribution in [3.8, 4) is 0 Å². The molecule has 1 aliphatic rings. The van der Waals surface area contributed by atoms with Gasteiger partial charge in [-0.2, -0.15) is 0 Å². The van der Waals surface area contributed by atoms with E-state index in [4.69, 9.17) is 0 Å². The van der Waals surface area contributed by atoms with E-state index in [0.29, 0.717) is 6.04 Å². The highest BCUT2D eigenvalue weighted by Gasteiger charge is 2.28. The number of aliphatic hydroxyl groups is 1.